The van der Waals surface area contributed by atoms with Crippen molar-refractivity contribution in [3.05, 3.63) is 71.3 Å². The first kappa shape index (κ1) is 11.5. The summed E-state index contributed by atoms with van der Waals surface area (Å²) in [7, 11) is 0. The van der Waals surface area contributed by atoms with Gasteiger partial charge in [0.15, 0.2) is 5.76 Å². The van der Waals surface area contributed by atoms with Crippen LogP contribution < -0.4 is 0 Å². The molecule has 0 bridgehead atoms. The summed E-state index contributed by atoms with van der Waals surface area (Å²) in [4.78, 5) is 11.8. The standard InChI is InChI=1S/C15H9IO2/c16-13(10-6-2-1-3-7-10)14-11-8-4-5-9-12(11)15(17)18-14/h1-9H/b14-13+. The zero-order valence-electron chi connectivity index (χ0n) is 9.39. The summed E-state index contributed by atoms with van der Waals surface area (Å²) in [5.74, 6) is 0.382. The minimum atomic E-state index is -0.273. The van der Waals surface area contributed by atoms with Gasteiger partial charge < -0.3 is 4.74 Å². The van der Waals surface area contributed by atoms with Crippen LogP contribution in [-0.2, 0) is 4.74 Å². The first-order valence-electron chi connectivity index (χ1n) is 5.54. The third-order valence-electron chi connectivity index (χ3n) is 2.81. The number of cyclic esters (lactones) is 1. The topological polar surface area (TPSA) is 26.3 Å². The van der Waals surface area contributed by atoms with E-state index in [1.165, 1.54) is 0 Å². The van der Waals surface area contributed by atoms with E-state index in [1.807, 2.05) is 48.5 Å². The summed E-state index contributed by atoms with van der Waals surface area (Å²) < 4.78 is 6.33. The SMILES string of the molecule is O=C1O/C(=C(/I)c2ccccc2)c2ccccc21. The van der Waals surface area contributed by atoms with E-state index in [9.17, 15) is 4.79 Å². The second-order valence-electron chi connectivity index (χ2n) is 3.94. The van der Waals surface area contributed by atoms with Crippen molar-refractivity contribution in [3.8, 4) is 0 Å². The Bertz CT molecular complexity index is 645. The lowest BCUT2D eigenvalue weighted by atomic mass is 10.1. The maximum absolute atomic E-state index is 11.8. The first-order valence-corrected chi connectivity index (χ1v) is 6.62. The highest BCUT2D eigenvalue weighted by atomic mass is 127. The Morgan fingerprint density at radius 2 is 1.50 bits per heavy atom. The average molecular weight is 348 g/mol. The number of ether oxygens (including phenoxy) is 1. The van der Waals surface area contributed by atoms with E-state index in [2.05, 4.69) is 22.6 Å². The summed E-state index contributed by atoms with van der Waals surface area (Å²) in [6, 6.07) is 17.4. The van der Waals surface area contributed by atoms with Gasteiger partial charge in [0, 0.05) is 5.56 Å². The van der Waals surface area contributed by atoms with Crippen molar-refractivity contribution in [1.29, 1.82) is 0 Å². The van der Waals surface area contributed by atoms with Gasteiger partial charge in [0.25, 0.3) is 0 Å². The van der Waals surface area contributed by atoms with Crippen LogP contribution in [0.5, 0.6) is 0 Å². The Labute approximate surface area is 118 Å². The van der Waals surface area contributed by atoms with Gasteiger partial charge in [0.05, 0.1) is 9.14 Å². The van der Waals surface area contributed by atoms with E-state index in [1.54, 1.807) is 6.07 Å². The van der Waals surface area contributed by atoms with Crippen molar-refractivity contribution in [1.82, 2.24) is 0 Å². The van der Waals surface area contributed by atoms with E-state index in [-0.39, 0.29) is 5.97 Å². The van der Waals surface area contributed by atoms with E-state index in [0.717, 1.165) is 14.7 Å². The van der Waals surface area contributed by atoms with Crippen molar-refractivity contribution in [2.75, 3.05) is 0 Å². The van der Waals surface area contributed by atoms with Crippen molar-refractivity contribution in [3.63, 3.8) is 0 Å². The number of hydrogen-bond donors (Lipinski definition) is 0. The maximum atomic E-state index is 11.8. The second-order valence-corrected chi connectivity index (χ2v) is 5.02. The lowest BCUT2D eigenvalue weighted by molar-refractivity contribution is 0.0717. The molecule has 1 heterocycles. The predicted molar refractivity (Wildman–Crippen MR) is 79.1 cm³/mol. The Morgan fingerprint density at radius 3 is 2.22 bits per heavy atom. The van der Waals surface area contributed by atoms with Crippen LogP contribution in [-0.4, -0.2) is 5.97 Å². The molecule has 0 N–H and O–H groups in total. The molecule has 88 valence electrons. The molecule has 0 saturated heterocycles. The smallest absolute Gasteiger partial charge is 0.344 e. The number of fused-ring (bicyclic) bond motifs is 1. The number of carbonyl (C=O) groups is 1. The zero-order chi connectivity index (χ0) is 12.5. The second kappa shape index (κ2) is 4.57. The van der Waals surface area contributed by atoms with Crippen molar-refractivity contribution >= 4 is 37.9 Å². The Balaban J connectivity index is 2.17. The fourth-order valence-electron chi connectivity index (χ4n) is 1.94. The van der Waals surface area contributed by atoms with Crippen LogP contribution in [0.15, 0.2) is 54.6 Å². The van der Waals surface area contributed by atoms with Gasteiger partial charge >= 0.3 is 5.97 Å². The number of hydrogen-bond acceptors (Lipinski definition) is 2. The lowest BCUT2D eigenvalue weighted by Gasteiger charge is -2.04. The molecule has 0 spiro atoms. The molecule has 18 heavy (non-hydrogen) atoms. The molecule has 0 unspecified atom stereocenters. The number of esters is 1. The van der Waals surface area contributed by atoms with E-state index in [0.29, 0.717) is 11.3 Å². The largest absolute Gasteiger partial charge is 0.421 e. The number of rotatable bonds is 1. The van der Waals surface area contributed by atoms with E-state index >= 15 is 0 Å². The molecule has 0 aliphatic carbocycles. The normalized spacial score (nSPS) is 16.2. The molecule has 1 aliphatic rings. The molecule has 0 radical (unpaired) electrons. The van der Waals surface area contributed by atoms with Crippen molar-refractivity contribution < 1.29 is 9.53 Å². The van der Waals surface area contributed by atoms with Gasteiger partial charge in [-0.2, -0.15) is 0 Å². The number of carbonyl (C=O) groups excluding carboxylic acids is 1. The third-order valence-corrected chi connectivity index (χ3v) is 3.93. The van der Waals surface area contributed by atoms with Gasteiger partial charge in [-0.15, -0.1) is 0 Å². The van der Waals surface area contributed by atoms with Gasteiger partial charge in [0.2, 0.25) is 0 Å². The van der Waals surface area contributed by atoms with Crippen LogP contribution in [0.25, 0.3) is 9.34 Å². The highest BCUT2D eigenvalue weighted by Crippen LogP contribution is 2.38. The van der Waals surface area contributed by atoms with Crippen LogP contribution in [0, 0.1) is 0 Å². The van der Waals surface area contributed by atoms with Gasteiger partial charge in [-0.25, -0.2) is 4.79 Å². The van der Waals surface area contributed by atoms with E-state index < -0.39 is 0 Å². The molecule has 3 heteroatoms. The first-order chi connectivity index (χ1) is 8.77. The van der Waals surface area contributed by atoms with Crippen LogP contribution in [0.1, 0.15) is 21.5 Å². The molecule has 0 saturated carbocycles. The minimum absolute atomic E-state index is 0.273. The summed E-state index contributed by atoms with van der Waals surface area (Å²) >= 11 is 2.22. The molecular weight excluding hydrogens is 339 g/mol. The summed E-state index contributed by atoms with van der Waals surface area (Å²) in [6.45, 7) is 0. The maximum Gasteiger partial charge on any atom is 0.344 e. The zero-order valence-corrected chi connectivity index (χ0v) is 11.5. The molecule has 2 nitrogen and oxygen atoms in total. The Hall–Kier alpha value is -1.62. The van der Waals surface area contributed by atoms with E-state index in [4.69, 9.17) is 4.74 Å². The van der Waals surface area contributed by atoms with Crippen LogP contribution in [0.2, 0.25) is 0 Å². The summed E-state index contributed by atoms with van der Waals surface area (Å²) in [6.07, 6.45) is 0. The number of halogens is 1. The van der Waals surface area contributed by atoms with Crippen LogP contribution in [0.3, 0.4) is 0 Å². The fourth-order valence-corrected chi connectivity index (χ4v) is 2.70. The fraction of sp³-hybridized carbons (Fsp3) is 0. The van der Waals surface area contributed by atoms with Gasteiger partial charge in [0.1, 0.15) is 0 Å². The Kier molecular flexibility index (Phi) is 2.91. The predicted octanol–water partition coefficient (Wildman–Crippen LogP) is 4.12. The number of benzene rings is 2. The van der Waals surface area contributed by atoms with Crippen LogP contribution in [0.4, 0.5) is 0 Å². The highest BCUT2D eigenvalue weighted by molar-refractivity contribution is 14.1. The molecule has 0 atom stereocenters. The molecule has 2 aromatic rings. The lowest BCUT2D eigenvalue weighted by Crippen LogP contribution is -1.92. The average Bonchev–Trinajstić information content (AvgIpc) is 2.77. The molecule has 0 aromatic heterocycles. The van der Waals surface area contributed by atoms with Crippen LogP contribution >= 0.6 is 22.6 Å². The molecular formula is C15H9IO2. The summed E-state index contributed by atoms with van der Waals surface area (Å²) in [5, 5.41) is 0. The molecule has 0 amide bonds. The molecule has 0 fully saturated rings. The van der Waals surface area contributed by atoms with Gasteiger partial charge in [-0.1, -0.05) is 48.5 Å². The van der Waals surface area contributed by atoms with Crippen molar-refractivity contribution in [2.24, 2.45) is 0 Å². The minimum Gasteiger partial charge on any atom is -0.421 e. The van der Waals surface area contributed by atoms with Crippen molar-refractivity contribution in [2.45, 2.75) is 0 Å². The summed E-state index contributed by atoms with van der Waals surface area (Å²) in [5.41, 5.74) is 2.56. The molecule has 3 rings (SSSR count). The quantitative estimate of drug-likeness (QED) is 0.573. The monoisotopic (exact) mass is 348 g/mol. The van der Waals surface area contributed by atoms with Gasteiger partial charge in [-0.05, 0) is 34.2 Å². The third kappa shape index (κ3) is 1.84. The van der Waals surface area contributed by atoms with Gasteiger partial charge in [-0.3, -0.25) is 0 Å². The Morgan fingerprint density at radius 1 is 0.889 bits per heavy atom. The molecule has 2 aromatic carbocycles. The highest BCUT2D eigenvalue weighted by Gasteiger charge is 2.28. The molecule has 1 aliphatic heterocycles.